The Bertz CT molecular complexity index is 472. The van der Waals surface area contributed by atoms with E-state index in [2.05, 4.69) is 48.9 Å². The van der Waals surface area contributed by atoms with Gasteiger partial charge in [0.05, 0.1) is 6.10 Å². The first-order valence-corrected chi connectivity index (χ1v) is 7.88. The van der Waals surface area contributed by atoms with E-state index in [-0.39, 0.29) is 6.10 Å². The fourth-order valence-electron chi connectivity index (χ4n) is 3.42. The average molecular weight is 274 g/mol. The van der Waals surface area contributed by atoms with Gasteiger partial charge in [-0.05, 0) is 58.3 Å². The summed E-state index contributed by atoms with van der Waals surface area (Å²) >= 11 is 0. The van der Waals surface area contributed by atoms with Gasteiger partial charge in [0.2, 0.25) is 0 Å². The molecule has 2 aliphatic rings. The summed E-state index contributed by atoms with van der Waals surface area (Å²) in [5, 5.41) is 0. The maximum Gasteiger partial charge on any atom is 0.121 e. The lowest BCUT2D eigenvalue weighted by Crippen LogP contribution is -2.37. The Morgan fingerprint density at radius 2 is 2.15 bits per heavy atom. The molecule has 1 aromatic rings. The van der Waals surface area contributed by atoms with Crippen molar-refractivity contribution in [3.8, 4) is 5.75 Å². The van der Waals surface area contributed by atoms with E-state index in [1.54, 1.807) is 0 Å². The van der Waals surface area contributed by atoms with Crippen LogP contribution in [0.3, 0.4) is 0 Å². The van der Waals surface area contributed by atoms with Crippen molar-refractivity contribution >= 4 is 5.69 Å². The third-order valence-corrected chi connectivity index (χ3v) is 4.52. The highest BCUT2D eigenvalue weighted by molar-refractivity contribution is 5.61. The monoisotopic (exact) mass is 274 g/mol. The van der Waals surface area contributed by atoms with Gasteiger partial charge in [0, 0.05) is 30.9 Å². The van der Waals surface area contributed by atoms with Crippen LogP contribution in [0.1, 0.15) is 32.3 Å². The van der Waals surface area contributed by atoms with Gasteiger partial charge in [0.25, 0.3) is 0 Å². The normalized spacial score (nSPS) is 22.6. The highest BCUT2D eigenvalue weighted by Gasteiger charge is 2.27. The average Bonchev–Trinajstić information content (AvgIpc) is 2.97. The Hall–Kier alpha value is -1.22. The van der Waals surface area contributed by atoms with Crippen LogP contribution in [-0.2, 0) is 6.42 Å². The zero-order chi connectivity index (χ0) is 14.1. The molecule has 3 rings (SSSR count). The summed E-state index contributed by atoms with van der Waals surface area (Å²) in [4.78, 5) is 5.06. The molecule has 1 saturated heterocycles. The fourth-order valence-corrected chi connectivity index (χ4v) is 3.42. The third-order valence-electron chi connectivity index (χ3n) is 4.52. The summed E-state index contributed by atoms with van der Waals surface area (Å²) in [5.41, 5.74) is 2.87. The van der Waals surface area contributed by atoms with Gasteiger partial charge in [-0.25, -0.2) is 0 Å². The van der Waals surface area contributed by atoms with Gasteiger partial charge in [0.1, 0.15) is 5.75 Å². The molecule has 0 amide bonds. The fraction of sp³-hybridized carbons (Fsp3) is 0.647. The number of fused-ring (bicyclic) bond motifs is 1. The number of hydrogen-bond acceptors (Lipinski definition) is 3. The lowest BCUT2D eigenvalue weighted by Gasteiger charge is -2.27. The van der Waals surface area contributed by atoms with Gasteiger partial charge in [-0.2, -0.15) is 0 Å². The predicted octanol–water partition coefficient (Wildman–Crippen LogP) is 2.93. The van der Waals surface area contributed by atoms with Crippen LogP contribution >= 0.6 is 0 Å². The molecular formula is C17H26N2O. The molecule has 1 atom stereocenters. The Morgan fingerprint density at radius 3 is 2.85 bits per heavy atom. The second-order valence-corrected chi connectivity index (χ2v) is 6.43. The number of anilines is 1. The number of likely N-dealkylation sites (tertiary alicyclic amines) is 1. The molecule has 110 valence electrons. The summed E-state index contributed by atoms with van der Waals surface area (Å²) in [6, 6.07) is 7.31. The van der Waals surface area contributed by atoms with Crippen molar-refractivity contribution in [2.45, 2.75) is 45.3 Å². The molecule has 0 radical (unpaired) electrons. The van der Waals surface area contributed by atoms with Gasteiger partial charge in [0.15, 0.2) is 0 Å². The molecule has 20 heavy (non-hydrogen) atoms. The van der Waals surface area contributed by atoms with E-state index in [4.69, 9.17) is 4.74 Å². The van der Waals surface area contributed by atoms with Gasteiger partial charge >= 0.3 is 0 Å². The van der Waals surface area contributed by atoms with E-state index in [0.717, 1.165) is 24.9 Å². The van der Waals surface area contributed by atoms with Crippen molar-refractivity contribution in [1.82, 2.24) is 4.90 Å². The molecule has 0 aromatic heterocycles. The summed E-state index contributed by atoms with van der Waals surface area (Å²) in [7, 11) is 2.26. The van der Waals surface area contributed by atoms with Gasteiger partial charge < -0.3 is 14.5 Å². The first kappa shape index (κ1) is 13.7. The van der Waals surface area contributed by atoms with Crippen molar-refractivity contribution in [3.05, 3.63) is 23.8 Å². The van der Waals surface area contributed by atoms with Crippen molar-refractivity contribution in [1.29, 1.82) is 0 Å². The maximum absolute atomic E-state index is 5.84. The minimum absolute atomic E-state index is 0.240. The van der Waals surface area contributed by atoms with Crippen LogP contribution in [0.5, 0.6) is 5.75 Å². The van der Waals surface area contributed by atoms with Crippen molar-refractivity contribution in [3.63, 3.8) is 0 Å². The molecule has 0 bridgehead atoms. The van der Waals surface area contributed by atoms with E-state index in [1.807, 2.05) is 0 Å². The molecule has 3 nitrogen and oxygen atoms in total. The molecule has 2 heterocycles. The first-order chi connectivity index (χ1) is 9.63. The molecule has 1 aromatic carbocycles. The molecule has 1 fully saturated rings. The molecule has 3 heteroatoms. The first-order valence-electron chi connectivity index (χ1n) is 7.88. The predicted molar refractivity (Wildman–Crippen MR) is 83.8 cm³/mol. The second-order valence-electron chi connectivity index (χ2n) is 6.43. The van der Waals surface area contributed by atoms with Crippen LogP contribution in [0.2, 0.25) is 0 Å². The molecular weight excluding hydrogens is 248 g/mol. The second kappa shape index (κ2) is 5.65. The van der Waals surface area contributed by atoms with Gasteiger partial charge in [-0.15, -0.1) is 0 Å². The lowest BCUT2D eigenvalue weighted by atomic mass is 10.1. The van der Waals surface area contributed by atoms with Crippen LogP contribution in [0, 0.1) is 0 Å². The quantitative estimate of drug-likeness (QED) is 0.839. The lowest BCUT2D eigenvalue weighted by molar-refractivity contribution is 0.242. The van der Waals surface area contributed by atoms with Crippen molar-refractivity contribution in [2.24, 2.45) is 0 Å². The third kappa shape index (κ3) is 2.78. The van der Waals surface area contributed by atoms with E-state index in [0.29, 0.717) is 0 Å². The zero-order valence-electron chi connectivity index (χ0n) is 12.9. The van der Waals surface area contributed by atoms with E-state index >= 15 is 0 Å². The van der Waals surface area contributed by atoms with E-state index < -0.39 is 0 Å². The number of likely N-dealkylation sites (N-methyl/N-ethyl adjacent to an activating group) is 1. The highest BCUT2D eigenvalue weighted by atomic mass is 16.5. The Kier molecular flexibility index (Phi) is 3.88. The van der Waals surface area contributed by atoms with Crippen LogP contribution in [0.15, 0.2) is 18.2 Å². The van der Waals surface area contributed by atoms with Crippen LogP contribution in [-0.4, -0.2) is 43.7 Å². The Morgan fingerprint density at radius 1 is 1.30 bits per heavy atom. The maximum atomic E-state index is 5.84. The molecule has 0 unspecified atom stereocenters. The number of nitrogens with zero attached hydrogens (tertiary/aromatic N) is 2. The topological polar surface area (TPSA) is 15.7 Å². The number of ether oxygens (including phenoxy) is 1. The zero-order valence-corrected chi connectivity index (χ0v) is 12.9. The number of benzene rings is 1. The minimum Gasteiger partial charge on any atom is -0.491 e. The van der Waals surface area contributed by atoms with E-state index in [9.17, 15) is 0 Å². The van der Waals surface area contributed by atoms with Gasteiger partial charge in [-0.1, -0.05) is 6.07 Å². The van der Waals surface area contributed by atoms with E-state index in [1.165, 1.54) is 37.1 Å². The number of hydrogen-bond donors (Lipinski definition) is 0. The summed E-state index contributed by atoms with van der Waals surface area (Å²) in [6.07, 6.45) is 4.10. The summed E-state index contributed by atoms with van der Waals surface area (Å²) in [6.45, 7) is 7.73. The molecule has 0 N–H and O–H groups in total. The molecule has 0 saturated carbocycles. The van der Waals surface area contributed by atoms with Crippen LogP contribution in [0.25, 0.3) is 0 Å². The smallest absolute Gasteiger partial charge is 0.121 e. The highest BCUT2D eigenvalue weighted by Crippen LogP contribution is 2.33. The Labute approximate surface area is 122 Å². The minimum atomic E-state index is 0.240. The van der Waals surface area contributed by atoms with Gasteiger partial charge in [-0.3, -0.25) is 0 Å². The standard InChI is InChI=1S/C17H26N2O/c1-13(2)20-16-7-6-14-8-10-19(17(14)11-16)12-15-5-4-9-18(15)3/h6-7,11,13,15H,4-5,8-10,12H2,1-3H3/t15-/m1/s1. The SMILES string of the molecule is CC(C)Oc1ccc2c(c1)N(C[C@H]1CCCN1C)CC2. The Balaban J connectivity index is 1.74. The molecule has 0 spiro atoms. The largest absolute Gasteiger partial charge is 0.491 e. The number of rotatable bonds is 4. The van der Waals surface area contributed by atoms with Crippen LogP contribution < -0.4 is 9.64 Å². The molecule has 2 aliphatic heterocycles. The summed E-state index contributed by atoms with van der Waals surface area (Å²) < 4.78 is 5.84. The van der Waals surface area contributed by atoms with Crippen molar-refractivity contribution < 1.29 is 4.74 Å². The summed E-state index contributed by atoms with van der Waals surface area (Å²) in [5.74, 6) is 1.01. The molecule has 0 aliphatic carbocycles. The van der Waals surface area contributed by atoms with Crippen molar-refractivity contribution in [2.75, 3.05) is 31.6 Å². The van der Waals surface area contributed by atoms with Crippen LogP contribution in [0.4, 0.5) is 5.69 Å².